The van der Waals surface area contributed by atoms with Gasteiger partial charge in [-0.15, -0.1) is 6.58 Å². The van der Waals surface area contributed by atoms with E-state index in [2.05, 4.69) is 20.4 Å². The minimum Gasteiger partial charge on any atom is -0.382 e. The van der Waals surface area contributed by atoms with E-state index in [1.165, 1.54) is 6.92 Å². The van der Waals surface area contributed by atoms with Gasteiger partial charge in [-0.25, -0.2) is 0 Å². The van der Waals surface area contributed by atoms with Crippen LogP contribution in [0.25, 0.3) is 0 Å². The normalized spacial score (nSPS) is 34.8. The summed E-state index contributed by atoms with van der Waals surface area (Å²) >= 11 is 0. The standard InChI is InChI=1S/C13H22O2/c1-5-6-11-9-13(15,10(2)14)8-7-12(11,3)4/h5,11,15H,1,6-9H2,2-4H3/t11-,13+/m1/s1. The molecule has 0 unspecified atom stereocenters. The molecule has 2 heteroatoms. The molecule has 0 aliphatic heterocycles. The number of allylic oxidation sites excluding steroid dienone is 1. The topological polar surface area (TPSA) is 37.3 Å². The van der Waals surface area contributed by atoms with E-state index in [4.69, 9.17) is 0 Å². The highest BCUT2D eigenvalue weighted by atomic mass is 16.3. The zero-order chi connectivity index (χ0) is 11.7. The van der Waals surface area contributed by atoms with Crippen molar-refractivity contribution in [2.45, 2.75) is 52.1 Å². The minimum atomic E-state index is -1.08. The lowest BCUT2D eigenvalue weighted by molar-refractivity contribution is -0.144. The summed E-state index contributed by atoms with van der Waals surface area (Å²) < 4.78 is 0. The third kappa shape index (κ3) is 2.49. The summed E-state index contributed by atoms with van der Waals surface area (Å²) in [5.41, 5.74) is -0.876. The van der Waals surface area contributed by atoms with Crippen LogP contribution in [0.5, 0.6) is 0 Å². The number of hydrogen-bond donors (Lipinski definition) is 1. The maximum atomic E-state index is 11.4. The quantitative estimate of drug-likeness (QED) is 0.727. The zero-order valence-corrected chi connectivity index (χ0v) is 10.0. The van der Waals surface area contributed by atoms with Crippen molar-refractivity contribution in [3.05, 3.63) is 12.7 Å². The first-order valence-electron chi connectivity index (χ1n) is 5.66. The third-order valence-electron chi connectivity index (χ3n) is 3.98. The first-order valence-corrected chi connectivity index (χ1v) is 5.66. The molecule has 1 saturated carbocycles. The average molecular weight is 210 g/mol. The number of carbonyl (C=O) groups excluding carboxylic acids is 1. The van der Waals surface area contributed by atoms with Gasteiger partial charge in [0.25, 0.3) is 0 Å². The fraction of sp³-hybridized carbons (Fsp3) is 0.769. The molecule has 0 bridgehead atoms. The van der Waals surface area contributed by atoms with Gasteiger partial charge in [0.2, 0.25) is 0 Å². The largest absolute Gasteiger partial charge is 0.382 e. The molecule has 0 saturated heterocycles. The molecule has 1 fully saturated rings. The van der Waals surface area contributed by atoms with Crippen LogP contribution in [0.15, 0.2) is 12.7 Å². The summed E-state index contributed by atoms with van der Waals surface area (Å²) in [5, 5.41) is 10.2. The van der Waals surface area contributed by atoms with Crippen molar-refractivity contribution in [3.63, 3.8) is 0 Å². The van der Waals surface area contributed by atoms with Crippen LogP contribution in [0, 0.1) is 11.3 Å². The Hall–Kier alpha value is -0.630. The molecule has 0 aromatic rings. The Kier molecular flexibility index (Phi) is 3.39. The van der Waals surface area contributed by atoms with Gasteiger partial charge < -0.3 is 5.11 Å². The van der Waals surface area contributed by atoms with Crippen LogP contribution in [0.4, 0.5) is 0 Å². The maximum absolute atomic E-state index is 11.4. The smallest absolute Gasteiger partial charge is 0.161 e. The monoisotopic (exact) mass is 210 g/mol. The third-order valence-corrected chi connectivity index (χ3v) is 3.98. The summed E-state index contributed by atoms with van der Waals surface area (Å²) in [5.74, 6) is 0.268. The predicted molar refractivity (Wildman–Crippen MR) is 61.6 cm³/mol. The molecule has 0 radical (unpaired) electrons. The van der Waals surface area contributed by atoms with Gasteiger partial charge in [-0.05, 0) is 43.9 Å². The summed E-state index contributed by atoms with van der Waals surface area (Å²) in [4.78, 5) is 11.4. The van der Waals surface area contributed by atoms with Gasteiger partial charge in [0.15, 0.2) is 5.78 Å². The lowest BCUT2D eigenvalue weighted by Gasteiger charge is -2.45. The first kappa shape index (κ1) is 12.4. The fourth-order valence-corrected chi connectivity index (χ4v) is 2.44. The van der Waals surface area contributed by atoms with Gasteiger partial charge in [-0.2, -0.15) is 0 Å². The SMILES string of the molecule is C=CC[C@@H]1C[C@](O)(C(C)=O)CCC1(C)C. The number of aliphatic hydroxyl groups is 1. The van der Waals surface area contributed by atoms with Crippen molar-refractivity contribution in [1.82, 2.24) is 0 Å². The van der Waals surface area contributed by atoms with Gasteiger partial charge >= 0.3 is 0 Å². The predicted octanol–water partition coefficient (Wildman–Crippen LogP) is 2.71. The van der Waals surface area contributed by atoms with Crippen LogP contribution in [-0.4, -0.2) is 16.5 Å². The summed E-state index contributed by atoms with van der Waals surface area (Å²) in [6.45, 7) is 9.65. The molecule has 0 heterocycles. The molecule has 2 atom stereocenters. The molecule has 0 spiro atoms. The Balaban J connectivity index is 2.83. The maximum Gasteiger partial charge on any atom is 0.161 e. The second kappa shape index (κ2) is 4.09. The number of Topliss-reactive ketones (excluding diaryl/α,β-unsaturated/α-hetero) is 1. The molecular weight excluding hydrogens is 188 g/mol. The van der Waals surface area contributed by atoms with E-state index in [1.54, 1.807) is 0 Å². The Morgan fingerprint density at radius 2 is 2.13 bits per heavy atom. The molecule has 2 nitrogen and oxygen atoms in total. The molecule has 1 N–H and O–H groups in total. The molecule has 1 aliphatic rings. The van der Waals surface area contributed by atoms with E-state index >= 15 is 0 Å². The van der Waals surface area contributed by atoms with Gasteiger partial charge in [-0.3, -0.25) is 4.79 Å². The highest BCUT2D eigenvalue weighted by Crippen LogP contribution is 2.46. The molecule has 86 valence electrons. The molecule has 0 amide bonds. The van der Waals surface area contributed by atoms with E-state index in [1.807, 2.05) is 6.08 Å². The van der Waals surface area contributed by atoms with Crippen molar-refractivity contribution in [1.29, 1.82) is 0 Å². The van der Waals surface area contributed by atoms with Gasteiger partial charge in [-0.1, -0.05) is 19.9 Å². The molecule has 15 heavy (non-hydrogen) atoms. The fourth-order valence-electron chi connectivity index (χ4n) is 2.44. The molecule has 0 aromatic carbocycles. The summed E-state index contributed by atoms with van der Waals surface area (Å²) in [7, 11) is 0. The number of ketones is 1. The Labute approximate surface area is 92.4 Å². The van der Waals surface area contributed by atoms with Crippen molar-refractivity contribution in [2.24, 2.45) is 11.3 Å². The number of hydrogen-bond acceptors (Lipinski definition) is 2. The van der Waals surface area contributed by atoms with Crippen molar-refractivity contribution < 1.29 is 9.90 Å². The van der Waals surface area contributed by atoms with Crippen LogP contribution < -0.4 is 0 Å². The zero-order valence-electron chi connectivity index (χ0n) is 10.0. The Morgan fingerprint density at radius 1 is 1.53 bits per heavy atom. The van der Waals surface area contributed by atoms with Crippen LogP contribution in [0.3, 0.4) is 0 Å². The van der Waals surface area contributed by atoms with Crippen LogP contribution >= 0.6 is 0 Å². The summed E-state index contributed by atoms with van der Waals surface area (Å²) in [6, 6.07) is 0. The molecule has 0 aromatic heterocycles. The van der Waals surface area contributed by atoms with Crippen molar-refractivity contribution in [2.75, 3.05) is 0 Å². The van der Waals surface area contributed by atoms with Crippen LogP contribution in [-0.2, 0) is 4.79 Å². The van der Waals surface area contributed by atoms with Gasteiger partial charge in [0, 0.05) is 0 Å². The lowest BCUT2D eigenvalue weighted by Crippen LogP contribution is -2.47. The molecule has 1 rings (SSSR count). The summed E-state index contributed by atoms with van der Waals surface area (Å²) in [6.07, 6.45) is 4.85. The van der Waals surface area contributed by atoms with E-state index in [0.717, 1.165) is 12.8 Å². The highest BCUT2D eigenvalue weighted by Gasteiger charge is 2.45. The van der Waals surface area contributed by atoms with Gasteiger partial charge in [0.1, 0.15) is 5.60 Å². The van der Waals surface area contributed by atoms with E-state index < -0.39 is 5.60 Å². The molecule has 1 aliphatic carbocycles. The van der Waals surface area contributed by atoms with E-state index in [0.29, 0.717) is 18.8 Å². The number of rotatable bonds is 3. The minimum absolute atomic E-state index is 0.0907. The van der Waals surface area contributed by atoms with Gasteiger partial charge in [0.05, 0.1) is 0 Å². The number of carbonyl (C=O) groups is 1. The Morgan fingerprint density at radius 3 is 2.60 bits per heavy atom. The van der Waals surface area contributed by atoms with Crippen molar-refractivity contribution in [3.8, 4) is 0 Å². The Bertz CT molecular complexity index is 268. The average Bonchev–Trinajstić information content (AvgIpc) is 2.12. The van der Waals surface area contributed by atoms with Crippen LogP contribution in [0.1, 0.15) is 46.5 Å². The van der Waals surface area contributed by atoms with E-state index in [-0.39, 0.29) is 11.2 Å². The van der Waals surface area contributed by atoms with Crippen molar-refractivity contribution >= 4 is 5.78 Å². The first-order chi connectivity index (χ1) is 6.82. The highest BCUT2D eigenvalue weighted by molar-refractivity contribution is 5.84. The second-order valence-corrected chi connectivity index (χ2v) is 5.50. The van der Waals surface area contributed by atoms with Crippen LogP contribution in [0.2, 0.25) is 0 Å². The molecular formula is C13H22O2. The van der Waals surface area contributed by atoms with E-state index in [9.17, 15) is 9.90 Å². The lowest BCUT2D eigenvalue weighted by atomic mass is 9.62. The second-order valence-electron chi connectivity index (χ2n) is 5.50.